The molecule has 0 radical (unpaired) electrons. The summed E-state index contributed by atoms with van der Waals surface area (Å²) in [6, 6.07) is 8.26. The highest BCUT2D eigenvalue weighted by atomic mass is 35.5. The van der Waals surface area contributed by atoms with E-state index in [1.807, 2.05) is 0 Å². The number of hydrogen-bond acceptors (Lipinski definition) is 2. The van der Waals surface area contributed by atoms with Crippen molar-refractivity contribution >= 4 is 46.4 Å². The van der Waals surface area contributed by atoms with Gasteiger partial charge in [-0.25, -0.2) is 4.98 Å². The Morgan fingerprint density at radius 3 is 2.44 bits per heavy atom. The number of nitrogens with zero attached hydrogens (tertiary/aromatic N) is 1. The molecule has 0 saturated heterocycles. The van der Waals surface area contributed by atoms with Gasteiger partial charge in [0.25, 0.3) is 0 Å². The minimum Gasteiger partial charge on any atom is -0.486 e. The van der Waals surface area contributed by atoms with Crippen LogP contribution in [-0.2, 0) is 6.61 Å². The first-order valence-electron chi connectivity index (χ1n) is 4.95. The smallest absolute Gasteiger partial charge is 0.138 e. The van der Waals surface area contributed by atoms with Crippen LogP contribution in [0.5, 0.6) is 5.75 Å². The Hall–Kier alpha value is -0.670. The van der Waals surface area contributed by atoms with E-state index in [4.69, 9.17) is 51.1 Å². The van der Waals surface area contributed by atoms with E-state index in [1.54, 1.807) is 30.3 Å². The Balaban J connectivity index is 2.13. The second-order valence-electron chi connectivity index (χ2n) is 3.43. The van der Waals surface area contributed by atoms with E-state index in [2.05, 4.69) is 4.98 Å². The van der Waals surface area contributed by atoms with E-state index in [0.29, 0.717) is 31.7 Å². The highest BCUT2D eigenvalue weighted by Gasteiger charge is 2.07. The van der Waals surface area contributed by atoms with Crippen molar-refractivity contribution in [1.82, 2.24) is 4.98 Å². The van der Waals surface area contributed by atoms with Gasteiger partial charge in [-0.1, -0.05) is 46.4 Å². The molecule has 0 atom stereocenters. The quantitative estimate of drug-likeness (QED) is 0.718. The molecule has 0 aliphatic rings. The SMILES string of the molecule is Clc1ccc(OCc2nc(Cl)ccc2Cl)c(Cl)c1. The summed E-state index contributed by atoms with van der Waals surface area (Å²) in [5.74, 6) is 0.513. The average Bonchev–Trinajstić information content (AvgIpc) is 2.32. The van der Waals surface area contributed by atoms with Crippen LogP contribution in [-0.4, -0.2) is 4.98 Å². The molecule has 0 unspecified atom stereocenters. The first-order valence-corrected chi connectivity index (χ1v) is 6.46. The summed E-state index contributed by atoms with van der Waals surface area (Å²) >= 11 is 23.5. The monoisotopic (exact) mass is 321 g/mol. The average molecular weight is 323 g/mol. The lowest BCUT2D eigenvalue weighted by Gasteiger charge is -2.09. The van der Waals surface area contributed by atoms with Crippen molar-refractivity contribution in [3.05, 3.63) is 56.2 Å². The van der Waals surface area contributed by atoms with Crippen LogP contribution in [0.4, 0.5) is 0 Å². The summed E-state index contributed by atoms with van der Waals surface area (Å²) in [4.78, 5) is 4.07. The van der Waals surface area contributed by atoms with Crippen LogP contribution in [0.2, 0.25) is 20.2 Å². The van der Waals surface area contributed by atoms with E-state index in [9.17, 15) is 0 Å². The van der Waals surface area contributed by atoms with Gasteiger partial charge in [0, 0.05) is 5.02 Å². The Labute approximate surface area is 124 Å². The second-order valence-corrected chi connectivity index (χ2v) is 5.06. The van der Waals surface area contributed by atoms with Crippen LogP contribution >= 0.6 is 46.4 Å². The van der Waals surface area contributed by atoms with Crippen molar-refractivity contribution in [2.24, 2.45) is 0 Å². The van der Waals surface area contributed by atoms with Crippen molar-refractivity contribution < 1.29 is 4.74 Å². The topological polar surface area (TPSA) is 22.1 Å². The fourth-order valence-corrected chi connectivity index (χ4v) is 2.09. The van der Waals surface area contributed by atoms with Crippen molar-refractivity contribution in [1.29, 1.82) is 0 Å². The molecule has 94 valence electrons. The summed E-state index contributed by atoms with van der Waals surface area (Å²) in [5, 5.41) is 1.83. The van der Waals surface area contributed by atoms with Crippen LogP contribution in [0.15, 0.2) is 30.3 Å². The van der Waals surface area contributed by atoms with Crippen LogP contribution in [0.3, 0.4) is 0 Å². The molecule has 6 heteroatoms. The molecule has 0 amide bonds. The van der Waals surface area contributed by atoms with E-state index in [-0.39, 0.29) is 6.61 Å². The van der Waals surface area contributed by atoms with Gasteiger partial charge >= 0.3 is 0 Å². The molecule has 0 fully saturated rings. The number of benzene rings is 1. The molecular formula is C12H7Cl4NO. The number of pyridine rings is 1. The first-order chi connectivity index (χ1) is 8.56. The maximum atomic E-state index is 5.98. The fourth-order valence-electron chi connectivity index (χ4n) is 1.30. The predicted octanol–water partition coefficient (Wildman–Crippen LogP) is 5.27. The molecule has 1 aromatic heterocycles. The standard InChI is InChI=1S/C12H7Cl4NO/c13-7-1-3-11(9(15)5-7)18-6-10-8(14)2-4-12(16)17-10/h1-5H,6H2. The maximum absolute atomic E-state index is 5.98. The van der Waals surface area contributed by atoms with Gasteiger partial charge in [-0.3, -0.25) is 0 Å². The Morgan fingerprint density at radius 2 is 1.72 bits per heavy atom. The van der Waals surface area contributed by atoms with Gasteiger partial charge in [-0.05, 0) is 30.3 Å². The zero-order valence-electron chi connectivity index (χ0n) is 8.96. The largest absolute Gasteiger partial charge is 0.486 e. The zero-order valence-corrected chi connectivity index (χ0v) is 12.0. The maximum Gasteiger partial charge on any atom is 0.138 e. The molecule has 2 nitrogen and oxygen atoms in total. The molecule has 18 heavy (non-hydrogen) atoms. The molecule has 2 aromatic rings. The summed E-state index contributed by atoms with van der Waals surface area (Å²) < 4.78 is 5.52. The fraction of sp³-hybridized carbons (Fsp3) is 0.0833. The molecule has 0 spiro atoms. The van der Waals surface area contributed by atoms with Crippen molar-refractivity contribution in [2.75, 3.05) is 0 Å². The third-order valence-electron chi connectivity index (χ3n) is 2.14. The molecule has 1 aromatic carbocycles. The number of ether oxygens (including phenoxy) is 1. The number of hydrogen-bond donors (Lipinski definition) is 0. The Morgan fingerprint density at radius 1 is 0.944 bits per heavy atom. The van der Waals surface area contributed by atoms with Crippen molar-refractivity contribution in [3.63, 3.8) is 0 Å². The van der Waals surface area contributed by atoms with Gasteiger partial charge in [0.05, 0.1) is 15.7 Å². The third kappa shape index (κ3) is 3.42. The van der Waals surface area contributed by atoms with E-state index in [1.165, 1.54) is 0 Å². The van der Waals surface area contributed by atoms with Gasteiger partial charge in [-0.15, -0.1) is 0 Å². The van der Waals surface area contributed by atoms with Crippen LogP contribution in [0, 0.1) is 0 Å². The molecule has 0 aliphatic heterocycles. The van der Waals surface area contributed by atoms with Crippen LogP contribution in [0.25, 0.3) is 0 Å². The predicted molar refractivity (Wildman–Crippen MR) is 75.1 cm³/mol. The number of halogens is 4. The van der Waals surface area contributed by atoms with Gasteiger partial charge in [0.15, 0.2) is 0 Å². The van der Waals surface area contributed by atoms with Gasteiger partial charge in [0.1, 0.15) is 17.5 Å². The molecule has 0 N–H and O–H groups in total. The summed E-state index contributed by atoms with van der Waals surface area (Å²) in [5.41, 5.74) is 0.551. The molecule has 0 aliphatic carbocycles. The van der Waals surface area contributed by atoms with Crippen molar-refractivity contribution in [2.45, 2.75) is 6.61 Å². The molecular weight excluding hydrogens is 316 g/mol. The van der Waals surface area contributed by atoms with E-state index >= 15 is 0 Å². The molecule has 1 heterocycles. The third-order valence-corrected chi connectivity index (χ3v) is 3.23. The normalized spacial score (nSPS) is 10.4. The number of aromatic nitrogens is 1. The van der Waals surface area contributed by atoms with Crippen LogP contribution in [0.1, 0.15) is 5.69 Å². The second kappa shape index (κ2) is 5.98. The first kappa shape index (κ1) is 13.8. The highest BCUT2D eigenvalue weighted by molar-refractivity contribution is 6.35. The number of rotatable bonds is 3. The zero-order chi connectivity index (χ0) is 13.1. The minimum absolute atomic E-state index is 0.181. The lowest BCUT2D eigenvalue weighted by atomic mass is 10.3. The molecule has 2 rings (SSSR count). The van der Waals surface area contributed by atoms with Gasteiger partial charge in [-0.2, -0.15) is 0 Å². The van der Waals surface area contributed by atoms with Crippen LogP contribution < -0.4 is 4.74 Å². The van der Waals surface area contributed by atoms with Gasteiger partial charge in [0.2, 0.25) is 0 Å². The van der Waals surface area contributed by atoms with Gasteiger partial charge < -0.3 is 4.74 Å². The minimum atomic E-state index is 0.181. The summed E-state index contributed by atoms with van der Waals surface area (Å²) in [6.07, 6.45) is 0. The van der Waals surface area contributed by atoms with E-state index < -0.39 is 0 Å². The summed E-state index contributed by atoms with van der Waals surface area (Å²) in [6.45, 7) is 0.181. The lowest BCUT2D eigenvalue weighted by Crippen LogP contribution is -1.99. The molecule has 0 saturated carbocycles. The Kier molecular flexibility index (Phi) is 4.57. The highest BCUT2D eigenvalue weighted by Crippen LogP contribution is 2.28. The van der Waals surface area contributed by atoms with E-state index in [0.717, 1.165) is 0 Å². The lowest BCUT2D eigenvalue weighted by molar-refractivity contribution is 0.301. The summed E-state index contributed by atoms with van der Waals surface area (Å²) in [7, 11) is 0. The molecule has 0 bridgehead atoms. The van der Waals surface area contributed by atoms with Crippen molar-refractivity contribution in [3.8, 4) is 5.75 Å². The Bertz CT molecular complexity index is 574.